The van der Waals surface area contributed by atoms with E-state index in [2.05, 4.69) is 9.88 Å². The van der Waals surface area contributed by atoms with Crippen LogP contribution >= 0.6 is 23.7 Å². The summed E-state index contributed by atoms with van der Waals surface area (Å²) in [6, 6.07) is 17.8. The zero-order valence-electron chi connectivity index (χ0n) is 14.8. The van der Waals surface area contributed by atoms with Crippen molar-refractivity contribution >= 4 is 51.1 Å². The van der Waals surface area contributed by atoms with Crippen LogP contribution in [0.4, 0.5) is 5.13 Å². The van der Waals surface area contributed by atoms with E-state index in [1.807, 2.05) is 74.8 Å². The molecule has 0 aliphatic carbocycles. The number of likely N-dealkylation sites (N-methyl/N-ethyl adjacent to an activating group) is 1. The molecule has 26 heavy (non-hydrogen) atoms. The van der Waals surface area contributed by atoms with E-state index in [-0.39, 0.29) is 18.3 Å². The van der Waals surface area contributed by atoms with Gasteiger partial charge >= 0.3 is 0 Å². The second-order valence-electron chi connectivity index (χ2n) is 6.00. The maximum Gasteiger partial charge on any atom is 0.252 e. The molecule has 0 atom stereocenters. The fraction of sp³-hybridized carbons (Fsp3) is 0.200. The average molecular weight is 388 g/mol. The van der Waals surface area contributed by atoms with Crippen molar-refractivity contribution in [2.75, 3.05) is 32.1 Å². The number of amides is 1. The lowest BCUT2D eigenvalue weighted by Crippen LogP contribution is -2.35. The minimum absolute atomic E-state index is 0. The summed E-state index contributed by atoms with van der Waals surface area (Å²) in [5.74, 6) is -0.0511. The Balaban J connectivity index is 0.00000243. The van der Waals surface area contributed by atoms with Gasteiger partial charge in [0.1, 0.15) is 0 Å². The Bertz CT molecular complexity index is 844. The van der Waals surface area contributed by atoms with Crippen LogP contribution in [0.5, 0.6) is 0 Å². The molecule has 6 heteroatoms. The quantitative estimate of drug-likeness (QED) is 0.591. The Hall–Kier alpha value is -2.21. The number of fused-ring (bicyclic) bond motifs is 1. The van der Waals surface area contributed by atoms with Gasteiger partial charge in [0.25, 0.3) is 5.91 Å². The third-order valence-electron chi connectivity index (χ3n) is 3.77. The van der Waals surface area contributed by atoms with Gasteiger partial charge in [0.2, 0.25) is 0 Å². The zero-order chi connectivity index (χ0) is 17.6. The van der Waals surface area contributed by atoms with Crippen molar-refractivity contribution in [3.05, 3.63) is 66.2 Å². The standard InChI is InChI=1S/C20H21N3OS.ClH/c1-22(2)14-15-23(19(24)13-12-16-8-4-3-5-9-16)20-21-17-10-6-7-11-18(17)25-20;/h3-13H,14-15H2,1-2H3;1H/b13-12+;. The molecule has 0 aliphatic rings. The van der Waals surface area contributed by atoms with E-state index in [1.54, 1.807) is 22.3 Å². The van der Waals surface area contributed by atoms with Crippen LogP contribution in [0.2, 0.25) is 0 Å². The third-order valence-corrected chi connectivity index (χ3v) is 4.83. The summed E-state index contributed by atoms with van der Waals surface area (Å²) < 4.78 is 1.09. The highest BCUT2D eigenvalue weighted by atomic mass is 35.5. The molecule has 1 aromatic heterocycles. The molecule has 1 amide bonds. The molecule has 0 spiro atoms. The number of aromatic nitrogens is 1. The Labute approximate surface area is 164 Å². The summed E-state index contributed by atoms with van der Waals surface area (Å²) >= 11 is 1.55. The maximum atomic E-state index is 12.8. The summed E-state index contributed by atoms with van der Waals surface area (Å²) in [7, 11) is 4.00. The Morgan fingerprint density at radius 2 is 1.73 bits per heavy atom. The fourth-order valence-corrected chi connectivity index (χ4v) is 3.39. The minimum atomic E-state index is -0.0511. The van der Waals surface area contributed by atoms with E-state index in [0.29, 0.717) is 6.54 Å². The molecule has 0 bridgehead atoms. The molecule has 3 rings (SSSR count). The molecule has 136 valence electrons. The predicted octanol–water partition coefficient (Wildman–Crippen LogP) is 4.33. The lowest BCUT2D eigenvalue weighted by Gasteiger charge is -2.20. The van der Waals surface area contributed by atoms with E-state index in [1.165, 1.54) is 0 Å². The van der Waals surface area contributed by atoms with E-state index < -0.39 is 0 Å². The number of carbonyl (C=O) groups is 1. The van der Waals surface area contributed by atoms with E-state index in [4.69, 9.17) is 0 Å². The van der Waals surface area contributed by atoms with E-state index >= 15 is 0 Å². The number of halogens is 1. The van der Waals surface area contributed by atoms with Crippen LogP contribution in [0.25, 0.3) is 16.3 Å². The molecule has 0 N–H and O–H groups in total. The van der Waals surface area contributed by atoms with Gasteiger partial charge in [-0.15, -0.1) is 12.4 Å². The first kappa shape index (κ1) is 20.1. The molecular weight excluding hydrogens is 366 g/mol. The third kappa shape index (κ3) is 5.14. The number of hydrogen-bond acceptors (Lipinski definition) is 4. The molecule has 2 aromatic carbocycles. The minimum Gasteiger partial charge on any atom is -0.308 e. The molecule has 4 nitrogen and oxygen atoms in total. The normalized spacial score (nSPS) is 11.0. The van der Waals surface area contributed by atoms with Crippen LogP contribution in [0.3, 0.4) is 0 Å². The first-order valence-electron chi connectivity index (χ1n) is 8.18. The van der Waals surface area contributed by atoms with Crippen molar-refractivity contribution < 1.29 is 4.79 Å². The van der Waals surface area contributed by atoms with Crippen LogP contribution in [0, 0.1) is 0 Å². The van der Waals surface area contributed by atoms with Crippen LogP contribution in [0.15, 0.2) is 60.7 Å². The van der Waals surface area contributed by atoms with Crippen LogP contribution in [-0.4, -0.2) is 43.0 Å². The molecular formula is C20H22ClN3OS. The van der Waals surface area contributed by atoms with Crippen LogP contribution in [0.1, 0.15) is 5.56 Å². The van der Waals surface area contributed by atoms with Gasteiger partial charge in [0, 0.05) is 19.2 Å². The van der Waals surface area contributed by atoms with E-state index in [9.17, 15) is 4.79 Å². The summed E-state index contributed by atoms with van der Waals surface area (Å²) in [5, 5.41) is 0.741. The van der Waals surface area contributed by atoms with Gasteiger partial charge < -0.3 is 4.90 Å². The highest BCUT2D eigenvalue weighted by Gasteiger charge is 2.17. The average Bonchev–Trinajstić information content (AvgIpc) is 3.04. The number of benzene rings is 2. The summed E-state index contributed by atoms with van der Waals surface area (Å²) in [6.07, 6.45) is 3.47. The summed E-state index contributed by atoms with van der Waals surface area (Å²) in [4.78, 5) is 21.2. The van der Waals surface area contributed by atoms with Crippen molar-refractivity contribution in [3.63, 3.8) is 0 Å². The van der Waals surface area contributed by atoms with Crippen molar-refractivity contribution in [1.82, 2.24) is 9.88 Å². The molecule has 0 aliphatic heterocycles. The van der Waals surface area contributed by atoms with Crippen molar-refractivity contribution in [2.45, 2.75) is 0 Å². The highest BCUT2D eigenvalue weighted by Crippen LogP contribution is 2.28. The molecule has 0 unspecified atom stereocenters. The first-order valence-corrected chi connectivity index (χ1v) is 9.00. The highest BCUT2D eigenvalue weighted by molar-refractivity contribution is 7.22. The largest absolute Gasteiger partial charge is 0.308 e. The topological polar surface area (TPSA) is 36.4 Å². The second kappa shape index (κ2) is 9.48. The maximum absolute atomic E-state index is 12.8. The Morgan fingerprint density at radius 3 is 2.42 bits per heavy atom. The number of carbonyl (C=O) groups excluding carboxylic acids is 1. The molecule has 0 saturated carbocycles. The number of anilines is 1. The van der Waals surface area contributed by atoms with Gasteiger partial charge in [-0.3, -0.25) is 9.69 Å². The molecule has 1 heterocycles. The number of thiazole rings is 1. The zero-order valence-corrected chi connectivity index (χ0v) is 16.5. The van der Waals surface area contributed by atoms with Crippen LogP contribution in [-0.2, 0) is 4.79 Å². The molecule has 3 aromatic rings. The lowest BCUT2D eigenvalue weighted by molar-refractivity contribution is -0.114. The van der Waals surface area contributed by atoms with Gasteiger partial charge in [-0.25, -0.2) is 4.98 Å². The Morgan fingerprint density at radius 1 is 1.04 bits per heavy atom. The molecule has 0 saturated heterocycles. The van der Waals surface area contributed by atoms with Crippen molar-refractivity contribution in [1.29, 1.82) is 0 Å². The summed E-state index contributed by atoms with van der Waals surface area (Å²) in [5.41, 5.74) is 1.94. The predicted molar refractivity (Wildman–Crippen MR) is 113 cm³/mol. The van der Waals surface area contributed by atoms with Gasteiger partial charge in [-0.2, -0.15) is 0 Å². The molecule has 0 fully saturated rings. The van der Waals surface area contributed by atoms with Gasteiger partial charge in [-0.05, 0) is 37.9 Å². The Kier molecular flexibility index (Phi) is 7.33. The van der Waals surface area contributed by atoms with Crippen molar-refractivity contribution in [2.24, 2.45) is 0 Å². The number of para-hydroxylation sites is 1. The number of hydrogen-bond donors (Lipinski definition) is 0. The van der Waals surface area contributed by atoms with Gasteiger partial charge in [0.15, 0.2) is 5.13 Å². The first-order chi connectivity index (χ1) is 12.1. The van der Waals surface area contributed by atoms with E-state index in [0.717, 1.165) is 27.5 Å². The monoisotopic (exact) mass is 387 g/mol. The van der Waals surface area contributed by atoms with Crippen LogP contribution < -0.4 is 4.90 Å². The smallest absolute Gasteiger partial charge is 0.252 e. The number of rotatable bonds is 6. The molecule has 0 radical (unpaired) electrons. The SMILES string of the molecule is CN(C)CCN(C(=O)/C=C/c1ccccc1)c1nc2ccccc2s1.Cl. The fourth-order valence-electron chi connectivity index (χ4n) is 2.40. The van der Waals surface area contributed by atoms with Crippen molar-refractivity contribution in [3.8, 4) is 0 Å². The summed E-state index contributed by atoms with van der Waals surface area (Å²) in [6.45, 7) is 1.38. The lowest BCUT2D eigenvalue weighted by atomic mass is 10.2. The van der Waals surface area contributed by atoms with Gasteiger partial charge in [0.05, 0.1) is 10.2 Å². The number of nitrogens with zero attached hydrogens (tertiary/aromatic N) is 3. The second-order valence-corrected chi connectivity index (χ2v) is 7.01. The van der Waals surface area contributed by atoms with Gasteiger partial charge in [-0.1, -0.05) is 53.8 Å².